The summed E-state index contributed by atoms with van der Waals surface area (Å²) in [6.45, 7) is 4.45. The van der Waals surface area contributed by atoms with Gasteiger partial charge in [0.2, 0.25) is 0 Å². The Labute approximate surface area is 126 Å². The van der Waals surface area contributed by atoms with Crippen molar-refractivity contribution in [2.24, 2.45) is 5.92 Å². The fraction of sp³-hybridized carbons (Fsp3) is 0.625. The minimum absolute atomic E-state index is 0.00269. The number of nitrogens with one attached hydrogen (secondary N) is 2. The predicted molar refractivity (Wildman–Crippen MR) is 82.9 cm³/mol. The summed E-state index contributed by atoms with van der Waals surface area (Å²) >= 11 is 0. The van der Waals surface area contributed by atoms with E-state index in [0.29, 0.717) is 11.5 Å². The third-order valence-electron chi connectivity index (χ3n) is 3.80. The summed E-state index contributed by atoms with van der Waals surface area (Å²) in [6.07, 6.45) is 2.51. The van der Waals surface area contributed by atoms with Gasteiger partial charge in [-0.15, -0.1) is 0 Å². The highest BCUT2D eigenvalue weighted by molar-refractivity contribution is 5.42. The van der Waals surface area contributed by atoms with Crippen molar-refractivity contribution in [1.29, 1.82) is 0 Å². The molecule has 0 atom stereocenters. The van der Waals surface area contributed by atoms with Crippen molar-refractivity contribution >= 4 is 0 Å². The second kappa shape index (κ2) is 8.87. The van der Waals surface area contributed by atoms with Gasteiger partial charge in [-0.3, -0.25) is 0 Å². The van der Waals surface area contributed by atoms with Crippen LogP contribution in [0, 0.1) is 5.92 Å². The maximum absolute atomic E-state index is 8.81. The number of rotatable bonds is 8. The van der Waals surface area contributed by atoms with Crippen LogP contribution >= 0.6 is 0 Å². The quantitative estimate of drug-likeness (QED) is 0.671. The van der Waals surface area contributed by atoms with Crippen LogP contribution in [0.15, 0.2) is 18.2 Å². The molecule has 118 valence electrons. The van der Waals surface area contributed by atoms with E-state index in [1.807, 2.05) is 18.2 Å². The molecule has 5 heteroatoms. The molecule has 5 nitrogen and oxygen atoms in total. The highest BCUT2D eigenvalue weighted by Crippen LogP contribution is 2.28. The first-order chi connectivity index (χ1) is 10.3. The van der Waals surface area contributed by atoms with Crippen molar-refractivity contribution in [1.82, 2.24) is 10.6 Å². The van der Waals surface area contributed by atoms with Crippen LogP contribution in [0.2, 0.25) is 0 Å². The SMILES string of the molecule is COc1cc(CNCC2CCNCC2)ccc1OCCO. The highest BCUT2D eigenvalue weighted by atomic mass is 16.5. The standard InChI is InChI=1S/C16H26N2O3/c1-20-16-10-14(2-3-15(16)21-9-8-19)12-18-11-13-4-6-17-7-5-13/h2-3,10,13,17-19H,4-9,11-12H2,1H3. The minimum Gasteiger partial charge on any atom is -0.493 e. The Morgan fingerprint density at radius 2 is 2.10 bits per heavy atom. The summed E-state index contributed by atoms with van der Waals surface area (Å²) in [7, 11) is 1.63. The fourth-order valence-corrected chi connectivity index (χ4v) is 2.60. The zero-order valence-corrected chi connectivity index (χ0v) is 12.7. The fourth-order valence-electron chi connectivity index (χ4n) is 2.60. The second-order valence-corrected chi connectivity index (χ2v) is 5.38. The van der Waals surface area contributed by atoms with Crippen LogP contribution < -0.4 is 20.1 Å². The molecule has 2 rings (SSSR count). The van der Waals surface area contributed by atoms with Gasteiger partial charge >= 0.3 is 0 Å². The van der Waals surface area contributed by atoms with E-state index >= 15 is 0 Å². The number of ether oxygens (including phenoxy) is 2. The third kappa shape index (κ3) is 5.19. The Kier molecular flexibility index (Phi) is 6.79. The van der Waals surface area contributed by atoms with Crippen LogP contribution in [0.3, 0.4) is 0 Å². The number of aliphatic hydroxyl groups is 1. The predicted octanol–water partition coefficient (Wildman–Crippen LogP) is 1.16. The lowest BCUT2D eigenvalue weighted by Crippen LogP contribution is -2.33. The van der Waals surface area contributed by atoms with Crippen LogP contribution in [0.4, 0.5) is 0 Å². The van der Waals surface area contributed by atoms with Gasteiger partial charge < -0.3 is 25.2 Å². The molecule has 0 aliphatic carbocycles. The monoisotopic (exact) mass is 294 g/mol. The largest absolute Gasteiger partial charge is 0.493 e. The van der Waals surface area contributed by atoms with Crippen molar-refractivity contribution < 1.29 is 14.6 Å². The Balaban J connectivity index is 1.82. The molecule has 0 spiro atoms. The van der Waals surface area contributed by atoms with Gasteiger partial charge in [0.25, 0.3) is 0 Å². The summed E-state index contributed by atoms with van der Waals surface area (Å²) < 4.78 is 10.8. The second-order valence-electron chi connectivity index (χ2n) is 5.38. The van der Waals surface area contributed by atoms with E-state index in [9.17, 15) is 0 Å². The molecule has 0 unspecified atom stereocenters. The van der Waals surface area contributed by atoms with Crippen molar-refractivity contribution in [2.75, 3.05) is 40.0 Å². The molecular formula is C16H26N2O3. The average molecular weight is 294 g/mol. The van der Waals surface area contributed by atoms with Gasteiger partial charge in [-0.2, -0.15) is 0 Å². The minimum atomic E-state index is 0.00269. The number of benzene rings is 1. The third-order valence-corrected chi connectivity index (χ3v) is 3.80. The zero-order chi connectivity index (χ0) is 14.9. The molecule has 3 N–H and O–H groups in total. The molecule has 1 aromatic carbocycles. The van der Waals surface area contributed by atoms with E-state index in [1.165, 1.54) is 18.4 Å². The molecule has 0 radical (unpaired) electrons. The van der Waals surface area contributed by atoms with Gasteiger partial charge in [-0.05, 0) is 56.1 Å². The van der Waals surface area contributed by atoms with Gasteiger partial charge in [0.05, 0.1) is 13.7 Å². The molecule has 1 aliphatic heterocycles. The summed E-state index contributed by atoms with van der Waals surface area (Å²) in [5.41, 5.74) is 1.18. The lowest BCUT2D eigenvalue weighted by atomic mass is 9.98. The van der Waals surface area contributed by atoms with Gasteiger partial charge in [-0.25, -0.2) is 0 Å². The molecular weight excluding hydrogens is 268 g/mol. The number of methoxy groups -OCH3 is 1. The van der Waals surface area contributed by atoms with Crippen molar-refractivity contribution in [3.05, 3.63) is 23.8 Å². The van der Waals surface area contributed by atoms with E-state index < -0.39 is 0 Å². The molecule has 1 aromatic rings. The first-order valence-corrected chi connectivity index (χ1v) is 7.65. The average Bonchev–Trinajstić information content (AvgIpc) is 2.54. The summed E-state index contributed by atoms with van der Waals surface area (Å²) in [5, 5.41) is 15.7. The molecule has 0 bridgehead atoms. The Morgan fingerprint density at radius 1 is 1.29 bits per heavy atom. The molecule has 1 fully saturated rings. The Bertz CT molecular complexity index is 420. The van der Waals surface area contributed by atoms with E-state index in [4.69, 9.17) is 14.6 Å². The van der Waals surface area contributed by atoms with Crippen LogP contribution in [0.25, 0.3) is 0 Å². The lowest BCUT2D eigenvalue weighted by Gasteiger charge is -2.22. The summed E-state index contributed by atoms with van der Waals surface area (Å²) in [6, 6.07) is 5.92. The van der Waals surface area contributed by atoms with Gasteiger partial charge in [0.15, 0.2) is 11.5 Å². The molecule has 21 heavy (non-hydrogen) atoms. The lowest BCUT2D eigenvalue weighted by molar-refractivity contribution is 0.196. The first-order valence-electron chi connectivity index (χ1n) is 7.65. The summed E-state index contributed by atoms with van der Waals surface area (Å²) in [5.74, 6) is 2.17. The van der Waals surface area contributed by atoms with Gasteiger partial charge in [0.1, 0.15) is 6.61 Å². The molecule has 0 saturated carbocycles. The first kappa shape index (κ1) is 16.1. The Hall–Kier alpha value is -1.30. The maximum Gasteiger partial charge on any atom is 0.161 e. The molecule has 1 aliphatic rings. The number of hydrogen-bond acceptors (Lipinski definition) is 5. The summed E-state index contributed by atoms with van der Waals surface area (Å²) in [4.78, 5) is 0. The molecule has 0 aromatic heterocycles. The maximum atomic E-state index is 8.81. The van der Waals surface area contributed by atoms with E-state index in [1.54, 1.807) is 7.11 Å². The molecule has 1 saturated heterocycles. The Morgan fingerprint density at radius 3 is 2.81 bits per heavy atom. The van der Waals surface area contributed by atoms with Crippen LogP contribution in [0.5, 0.6) is 11.5 Å². The highest BCUT2D eigenvalue weighted by Gasteiger charge is 2.12. The van der Waals surface area contributed by atoms with Crippen molar-refractivity contribution in [3.8, 4) is 11.5 Å². The smallest absolute Gasteiger partial charge is 0.161 e. The number of piperidine rings is 1. The van der Waals surface area contributed by atoms with E-state index in [2.05, 4.69) is 10.6 Å². The van der Waals surface area contributed by atoms with Gasteiger partial charge in [-0.1, -0.05) is 6.07 Å². The van der Waals surface area contributed by atoms with Crippen molar-refractivity contribution in [2.45, 2.75) is 19.4 Å². The van der Waals surface area contributed by atoms with Gasteiger partial charge in [0, 0.05) is 6.54 Å². The number of hydrogen-bond donors (Lipinski definition) is 3. The van der Waals surface area contributed by atoms with E-state index in [0.717, 1.165) is 32.1 Å². The number of aliphatic hydroxyl groups excluding tert-OH is 1. The normalized spacial score (nSPS) is 15.9. The van der Waals surface area contributed by atoms with Crippen LogP contribution in [-0.4, -0.2) is 45.1 Å². The zero-order valence-electron chi connectivity index (χ0n) is 12.7. The van der Waals surface area contributed by atoms with Crippen LogP contribution in [0.1, 0.15) is 18.4 Å². The van der Waals surface area contributed by atoms with E-state index in [-0.39, 0.29) is 13.2 Å². The van der Waals surface area contributed by atoms with Crippen LogP contribution in [-0.2, 0) is 6.54 Å². The molecule has 0 amide bonds. The topological polar surface area (TPSA) is 62.8 Å². The molecule has 1 heterocycles. The van der Waals surface area contributed by atoms with Crippen molar-refractivity contribution in [3.63, 3.8) is 0 Å².